The summed E-state index contributed by atoms with van der Waals surface area (Å²) in [7, 11) is 0.0197. The molecule has 0 saturated carbocycles. The van der Waals surface area contributed by atoms with E-state index in [9.17, 15) is 13.4 Å². The third-order valence-electron chi connectivity index (χ3n) is 2.69. The van der Waals surface area contributed by atoms with Gasteiger partial charge in [-0.25, -0.2) is 4.39 Å². The van der Waals surface area contributed by atoms with Crippen molar-refractivity contribution in [2.45, 2.75) is 4.90 Å². The fourth-order valence-electron chi connectivity index (χ4n) is 1.69. The van der Waals surface area contributed by atoms with Gasteiger partial charge in [0, 0.05) is 16.6 Å². The number of hydrogen-bond acceptors (Lipinski definition) is 3. The molecule has 110 valence electrons. The molecule has 1 N–H and O–H groups in total. The Labute approximate surface area is 124 Å². The second kappa shape index (κ2) is 6.99. The molecule has 0 aliphatic rings. The molecule has 4 nitrogen and oxygen atoms in total. The fraction of sp³-hybridized carbons (Fsp3) is 0.133. The van der Waals surface area contributed by atoms with Crippen LogP contribution in [0.3, 0.4) is 0 Å². The highest BCUT2D eigenvalue weighted by Gasteiger charge is 2.11. The van der Waals surface area contributed by atoms with Gasteiger partial charge in [0.2, 0.25) is 5.91 Å². The summed E-state index contributed by atoms with van der Waals surface area (Å²) in [6, 6.07) is 12.1. The van der Waals surface area contributed by atoms with Crippen molar-refractivity contribution in [3.05, 3.63) is 54.3 Å². The summed E-state index contributed by atoms with van der Waals surface area (Å²) in [4.78, 5) is 12.3. The van der Waals surface area contributed by atoms with Crippen molar-refractivity contribution in [2.75, 3.05) is 18.2 Å². The monoisotopic (exact) mass is 307 g/mol. The predicted octanol–water partition coefficient (Wildman–Crippen LogP) is 2.58. The standard InChI is InChI=1S/C15H14FNO3S/c1-20-13-4-2-3-12(9-13)17-15(18)10-21(19)14-7-5-11(16)6-8-14/h2-9H,10H2,1H3,(H,17,18). The van der Waals surface area contributed by atoms with Gasteiger partial charge in [-0.1, -0.05) is 6.07 Å². The van der Waals surface area contributed by atoms with Crippen LogP contribution in [-0.4, -0.2) is 23.0 Å². The first-order chi connectivity index (χ1) is 10.1. The maximum Gasteiger partial charge on any atom is 0.237 e. The van der Waals surface area contributed by atoms with Crippen LogP contribution in [0.25, 0.3) is 0 Å². The molecule has 0 aliphatic heterocycles. The average Bonchev–Trinajstić information content (AvgIpc) is 2.47. The minimum atomic E-state index is -1.51. The van der Waals surface area contributed by atoms with Crippen LogP contribution < -0.4 is 10.1 Å². The zero-order valence-corrected chi connectivity index (χ0v) is 12.2. The van der Waals surface area contributed by atoms with Crippen LogP contribution in [0.4, 0.5) is 10.1 Å². The van der Waals surface area contributed by atoms with E-state index >= 15 is 0 Å². The Balaban J connectivity index is 1.97. The first kappa shape index (κ1) is 15.2. The molecule has 1 amide bonds. The Hall–Kier alpha value is -2.21. The summed E-state index contributed by atoms with van der Waals surface area (Å²) < 4.78 is 29.8. The van der Waals surface area contributed by atoms with E-state index in [0.717, 1.165) is 0 Å². The molecule has 0 heterocycles. The molecule has 1 unspecified atom stereocenters. The molecule has 2 aromatic rings. The number of rotatable bonds is 5. The smallest absolute Gasteiger partial charge is 0.237 e. The SMILES string of the molecule is COc1cccc(NC(=O)CS(=O)c2ccc(F)cc2)c1. The van der Waals surface area contributed by atoms with E-state index in [4.69, 9.17) is 4.74 Å². The number of carbonyl (C=O) groups is 1. The van der Waals surface area contributed by atoms with E-state index in [-0.39, 0.29) is 11.7 Å². The maximum absolute atomic E-state index is 12.8. The lowest BCUT2D eigenvalue weighted by Gasteiger charge is -2.07. The van der Waals surface area contributed by atoms with Crippen LogP contribution in [0, 0.1) is 5.82 Å². The molecule has 0 fully saturated rings. The zero-order valence-electron chi connectivity index (χ0n) is 11.3. The number of hydrogen-bond donors (Lipinski definition) is 1. The molecule has 0 radical (unpaired) electrons. The highest BCUT2D eigenvalue weighted by molar-refractivity contribution is 7.85. The van der Waals surface area contributed by atoms with E-state index < -0.39 is 16.6 Å². The van der Waals surface area contributed by atoms with Crippen LogP contribution in [0.5, 0.6) is 5.75 Å². The number of ether oxygens (including phenoxy) is 1. The molecule has 2 rings (SSSR count). The molecule has 0 aromatic heterocycles. The summed E-state index contributed by atoms with van der Waals surface area (Å²) in [5, 5.41) is 2.64. The fourth-order valence-corrected chi connectivity index (χ4v) is 2.60. The number of anilines is 1. The number of benzene rings is 2. The van der Waals surface area contributed by atoms with Crippen molar-refractivity contribution in [1.29, 1.82) is 0 Å². The Kier molecular flexibility index (Phi) is 5.05. The average molecular weight is 307 g/mol. The molecule has 2 aromatic carbocycles. The Morgan fingerprint density at radius 3 is 2.62 bits per heavy atom. The molecule has 21 heavy (non-hydrogen) atoms. The Morgan fingerprint density at radius 1 is 1.24 bits per heavy atom. The van der Waals surface area contributed by atoms with Gasteiger partial charge >= 0.3 is 0 Å². The molecule has 6 heteroatoms. The third kappa shape index (κ3) is 4.39. The summed E-state index contributed by atoms with van der Waals surface area (Å²) in [6.45, 7) is 0. The number of halogens is 1. The van der Waals surface area contributed by atoms with Crippen LogP contribution in [0.15, 0.2) is 53.4 Å². The van der Waals surface area contributed by atoms with Gasteiger partial charge in [-0.2, -0.15) is 0 Å². The topological polar surface area (TPSA) is 55.4 Å². The number of methoxy groups -OCH3 is 1. The van der Waals surface area contributed by atoms with Gasteiger partial charge in [-0.3, -0.25) is 9.00 Å². The minimum Gasteiger partial charge on any atom is -0.497 e. The van der Waals surface area contributed by atoms with E-state index in [0.29, 0.717) is 16.3 Å². The van der Waals surface area contributed by atoms with Crippen molar-refractivity contribution in [3.8, 4) is 5.75 Å². The molecule has 1 atom stereocenters. The maximum atomic E-state index is 12.8. The number of carbonyl (C=O) groups excluding carboxylic acids is 1. The van der Waals surface area contributed by atoms with Crippen molar-refractivity contribution >= 4 is 22.4 Å². The molecule has 0 aliphatic carbocycles. The van der Waals surface area contributed by atoms with Crippen LogP contribution in [0.1, 0.15) is 0 Å². The summed E-state index contributed by atoms with van der Waals surface area (Å²) >= 11 is 0. The number of nitrogens with one attached hydrogen (secondary N) is 1. The van der Waals surface area contributed by atoms with Gasteiger partial charge in [0.05, 0.1) is 17.9 Å². The lowest BCUT2D eigenvalue weighted by molar-refractivity contribution is -0.113. The molecular formula is C15H14FNO3S. The van der Waals surface area contributed by atoms with Crippen molar-refractivity contribution in [3.63, 3.8) is 0 Å². The van der Waals surface area contributed by atoms with Crippen molar-refractivity contribution in [1.82, 2.24) is 0 Å². The third-order valence-corrected chi connectivity index (χ3v) is 4.01. The van der Waals surface area contributed by atoms with Gasteiger partial charge in [-0.15, -0.1) is 0 Å². The second-order valence-electron chi connectivity index (χ2n) is 4.22. The summed E-state index contributed by atoms with van der Waals surface area (Å²) in [5.41, 5.74) is 0.565. The van der Waals surface area contributed by atoms with E-state index in [2.05, 4.69) is 5.32 Å². The van der Waals surface area contributed by atoms with E-state index in [1.807, 2.05) is 0 Å². The van der Waals surface area contributed by atoms with Gasteiger partial charge in [0.25, 0.3) is 0 Å². The predicted molar refractivity (Wildman–Crippen MR) is 79.3 cm³/mol. The van der Waals surface area contributed by atoms with Gasteiger partial charge < -0.3 is 10.1 Å². The minimum absolute atomic E-state index is 0.192. The highest BCUT2D eigenvalue weighted by Crippen LogP contribution is 2.17. The molecule has 0 saturated heterocycles. The first-order valence-corrected chi connectivity index (χ1v) is 7.48. The van der Waals surface area contributed by atoms with Gasteiger partial charge in [-0.05, 0) is 36.4 Å². The number of amides is 1. The Morgan fingerprint density at radius 2 is 1.95 bits per heavy atom. The normalized spacial score (nSPS) is 11.7. The lowest BCUT2D eigenvalue weighted by atomic mass is 10.3. The Bertz CT molecular complexity index is 658. The molecular weight excluding hydrogens is 293 g/mol. The van der Waals surface area contributed by atoms with Gasteiger partial charge in [0.1, 0.15) is 17.3 Å². The van der Waals surface area contributed by atoms with Crippen LogP contribution in [-0.2, 0) is 15.6 Å². The van der Waals surface area contributed by atoms with E-state index in [1.54, 1.807) is 24.3 Å². The summed E-state index contributed by atoms with van der Waals surface area (Å²) in [6.07, 6.45) is 0. The molecule has 0 bridgehead atoms. The quantitative estimate of drug-likeness (QED) is 0.923. The van der Waals surface area contributed by atoms with Crippen molar-refractivity contribution < 1.29 is 18.1 Å². The first-order valence-electron chi connectivity index (χ1n) is 6.16. The zero-order chi connectivity index (χ0) is 15.2. The summed E-state index contributed by atoms with van der Waals surface area (Å²) in [5.74, 6) is -0.363. The lowest BCUT2D eigenvalue weighted by Crippen LogP contribution is -2.19. The van der Waals surface area contributed by atoms with Gasteiger partial charge in [0.15, 0.2) is 0 Å². The largest absolute Gasteiger partial charge is 0.497 e. The van der Waals surface area contributed by atoms with Crippen LogP contribution >= 0.6 is 0 Å². The highest BCUT2D eigenvalue weighted by atomic mass is 32.2. The van der Waals surface area contributed by atoms with E-state index in [1.165, 1.54) is 31.4 Å². The van der Waals surface area contributed by atoms with Crippen molar-refractivity contribution in [2.24, 2.45) is 0 Å². The second-order valence-corrected chi connectivity index (χ2v) is 5.68. The van der Waals surface area contributed by atoms with Crippen LogP contribution in [0.2, 0.25) is 0 Å². The molecule has 0 spiro atoms.